The maximum absolute atomic E-state index is 11.7. The molecule has 2 heterocycles. The van der Waals surface area contributed by atoms with Crippen LogP contribution in [0.5, 0.6) is 0 Å². The van der Waals surface area contributed by atoms with E-state index in [1.54, 1.807) is 11.3 Å². The molecule has 28 heavy (non-hydrogen) atoms. The number of thiophene rings is 1. The number of aryl methyl sites for hydroxylation is 1. The van der Waals surface area contributed by atoms with E-state index in [0.717, 1.165) is 4.88 Å². The first-order chi connectivity index (χ1) is 13.4. The van der Waals surface area contributed by atoms with E-state index in [0.29, 0.717) is 19.3 Å². The molecule has 1 amide bonds. The normalized spacial score (nSPS) is 27.4. The second kappa shape index (κ2) is 11.4. The van der Waals surface area contributed by atoms with Crippen molar-refractivity contribution in [3.63, 3.8) is 0 Å². The van der Waals surface area contributed by atoms with Crippen LogP contribution < -0.4 is 5.32 Å². The Morgan fingerprint density at radius 3 is 2.71 bits per heavy atom. The molecule has 0 saturated carbocycles. The summed E-state index contributed by atoms with van der Waals surface area (Å²) < 4.78 is 16.1. The number of rotatable bonds is 10. The zero-order valence-electron chi connectivity index (χ0n) is 15.7. The van der Waals surface area contributed by atoms with Gasteiger partial charge in [-0.05, 0) is 17.9 Å². The van der Waals surface area contributed by atoms with Gasteiger partial charge in [-0.15, -0.1) is 11.3 Å². The zero-order valence-corrected chi connectivity index (χ0v) is 16.5. The summed E-state index contributed by atoms with van der Waals surface area (Å²) in [6.07, 6.45) is -3.45. The van der Waals surface area contributed by atoms with Crippen LogP contribution in [0.15, 0.2) is 17.5 Å². The Bertz CT molecular complexity index is 611. The molecule has 0 spiro atoms. The summed E-state index contributed by atoms with van der Waals surface area (Å²) >= 11 is 1.59. The molecule has 4 N–H and O–H groups in total. The molecule has 0 bridgehead atoms. The molecule has 2 rings (SSSR count). The molecule has 0 unspecified atom stereocenters. The number of hydrogen-bond donors (Lipinski definition) is 4. The van der Waals surface area contributed by atoms with E-state index in [-0.39, 0.29) is 19.2 Å². The molecule has 158 valence electrons. The van der Waals surface area contributed by atoms with Gasteiger partial charge in [0, 0.05) is 18.2 Å². The largest absolute Gasteiger partial charge is 0.466 e. The number of amides is 1. The van der Waals surface area contributed by atoms with Crippen molar-refractivity contribution in [2.24, 2.45) is 0 Å². The van der Waals surface area contributed by atoms with Crippen molar-refractivity contribution in [2.45, 2.75) is 56.8 Å². The lowest BCUT2D eigenvalue weighted by atomic mass is 9.97. The number of carbonyl (C=O) groups excluding carboxylic acids is 2. The number of ether oxygens (including phenoxy) is 3. The average molecular weight is 417 g/mol. The molecule has 0 radical (unpaired) electrons. The summed E-state index contributed by atoms with van der Waals surface area (Å²) in [5, 5.41) is 33.8. The Morgan fingerprint density at radius 1 is 1.29 bits per heavy atom. The quantitative estimate of drug-likeness (QED) is 0.298. The van der Waals surface area contributed by atoms with Gasteiger partial charge < -0.3 is 34.8 Å². The lowest BCUT2D eigenvalue weighted by Crippen LogP contribution is -2.64. The second-order valence-electron chi connectivity index (χ2n) is 6.46. The summed E-state index contributed by atoms with van der Waals surface area (Å²) in [5.41, 5.74) is 0. The average Bonchev–Trinajstić information content (AvgIpc) is 3.18. The third kappa shape index (κ3) is 6.80. The highest BCUT2D eigenvalue weighted by molar-refractivity contribution is 7.09. The van der Waals surface area contributed by atoms with E-state index >= 15 is 0 Å². The minimum absolute atomic E-state index is 0.139. The van der Waals surface area contributed by atoms with Crippen LogP contribution in [-0.4, -0.2) is 77.7 Å². The molecule has 1 saturated heterocycles. The van der Waals surface area contributed by atoms with Crippen LogP contribution in [0.3, 0.4) is 0 Å². The number of carbonyl (C=O) groups is 2. The van der Waals surface area contributed by atoms with Crippen molar-refractivity contribution >= 4 is 23.2 Å². The van der Waals surface area contributed by atoms with Crippen molar-refractivity contribution in [2.75, 3.05) is 19.8 Å². The summed E-state index contributed by atoms with van der Waals surface area (Å²) in [4.78, 5) is 24.2. The molecule has 1 fully saturated rings. The number of esters is 1. The fraction of sp³-hybridized carbons (Fsp3) is 0.667. The highest BCUT2D eigenvalue weighted by Gasteiger charge is 2.45. The van der Waals surface area contributed by atoms with Gasteiger partial charge in [-0.1, -0.05) is 6.07 Å². The number of aliphatic hydroxyl groups is 3. The molecular weight excluding hydrogens is 390 g/mol. The third-order valence-corrected chi connectivity index (χ3v) is 5.18. The molecule has 1 aromatic heterocycles. The van der Waals surface area contributed by atoms with Gasteiger partial charge in [0.05, 0.1) is 26.2 Å². The number of nitrogens with one attached hydrogen (secondary N) is 1. The first kappa shape index (κ1) is 22.7. The van der Waals surface area contributed by atoms with Gasteiger partial charge in [0.15, 0.2) is 6.29 Å². The van der Waals surface area contributed by atoms with Gasteiger partial charge >= 0.3 is 5.97 Å². The molecule has 0 aromatic carbocycles. The Labute approximate surface area is 167 Å². The van der Waals surface area contributed by atoms with E-state index in [9.17, 15) is 24.9 Å². The smallest absolute Gasteiger partial charge is 0.306 e. The fourth-order valence-electron chi connectivity index (χ4n) is 2.81. The van der Waals surface area contributed by atoms with Gasteiger partial charge in [0.1, 0.15) is 24.4 Å². The van der Waals surface area contributed by atoms with E-state index < -0.39 is 43.2 Å². The van der Waals surface area contributed by atoms with E-state index in [2.05, 4.69) is 5.32 Å². The number of hydrogen-bond acceptors (Lipinski definition) is 9. The van der Waals surface area contributed by atoms with Crippen LogP contribution in [0.4, 0.5) is 0 Å². The maximum atomic E-state index is 11.7. The van der Waals surface area contributed by atoms with Gasteiger partial charge in [-0.2, -0.15) is 0 Å². The van der Waals surface area contributed by atoms with Crippen molar-refractivity contribution in [1.82, 2.24) is 5.32 Å². The van der Waals surface area contributed by atoms with Crippen molar-refractivity contribution in [3.8, 4) is 0 Å². The first-order valence-corrected chi connectivity index (χ1v) is 9.99. The molecule has 1 aliphatic rings. The van der Waals surface area contributed by atoms with E-state index in [1.807, 2.05) is 17.5 Å². The third-order valence-electron chi connectivity index (χ3n) is 4.24. The van der Waals surface area contributed by atoms with Gasteiger partial charge in [0.2, 0.25) is 5.91 Å². The zero-order chi connectivity index (χ0) is 20.5. The SMILES string of the molecule is CC(=O)N[C@H]1[C@@H](OCCCOC(=O)CCc2cccs2)O[C@H](CO)[C@H](O)[C@@H]1O. The minimum Gasteiger partial charge on any atom is -0.466 e. The predicted molar refractivity (Wildman–Crippen MR) is 99.5 cm³/mol. The van der Waals surface area contributed by atoms with Crippen LogP contribution in [0.1, 0.15) is 24.6 Å². The molecular formula is C18H27NO8S. The Balaban J connectivity index is 1.71. The molecule has 1 aromatic rings. The maximum Gasteiger partial charge on any atom is 0.306 e. The molecule has 9 nitrogen and oxygen atoms in total. The second-order valence-corrected chi connectivity index (χ2v) is 7.49. The summed E-state index contributed by atoms with van der Waals surface area (Å²) in [7, 11) is 0. The van der Waals surface area contributed by atoms with Crippen LogP contribution in [0.25, 0.3) is 0 Å². The van der Waals surface area contributed by atoms with Crippen LogP contribution in [-0.2, 0) is 30.2 Å². The van der Waals surface area contributed by atoms with Gasteiger partial charge in [-0.3, -0.25) is 9.59 Å². The Morgan fingerprint density at radius 2 is 2.07 bits per heavy atom. The Hall–Kier alpha value is -1.56. The van der Waals surface area contributed by atoms with Gasteiger partial charge in [0.25, 0.3) is 0 Å². The Kier molecular flexibility index (Phi) is 9.29. The lowest BCUT2D eigenvalue weighted by Gasteiger charge is -2.42. The highest BCUT2D eigenvalue weighted by atomic mass is 32.1. The standard InChI is InChI=1S/C18H27NO8S/c1-11(21)19-15-17(24)16(23)13(10-20)27-18(15)26-8-3-7-25-14(22)6-5-12-4-2-9-28-12/h2,4,9,13,15-18,20,23-24H,3,5-8,10H2,1H3,(H,19,21)/t13-,15-,16+,17-,18+/m1/s1. The highest BCUT2D eigenvalue weighted by Crippen LogP contribution is 2.22. The first-order valence-electron chi connectivity index (χ1n) is 9.11. The predicted octanol–water partition coefficient (Wildman–Crippen LogP) is -0.426. The molecule has 5 atom stereocenters. The van der Waals surface area contributed by atoms with E-state index in [4.69, 9.17) is 14.2 Å². The molecule has 1 aliphatic heterocycles. The van der Waals surface area contributed by atoms with Crippen molar-refractivity contribution in [3.05, 3.63) is 22.4 Å². The molecule has 10 heteroatoms. The molecule has 0 aliphatic carbocycles. The topological polar surface area (TPSA) is 135 Å². The van der Waals surface area contributed by atoms with Crippen LogP contribution in [0, 0.1) is 0 Å². The van der Waals surface area contributed by atoms with Crippen LogP contribution in [0.2, 0.25) is 0 Å². The summed E-state index contributed by atoms with van der Waals surface area (Å²) in [5.74, 6) is -0.715. The summed E-state index contributed by atoms with van der Waals surface area (Å²) in [6.45, 7) is 1.06. The number of aliphatic hydroxyl groups excluding tert-OH is 3. The monoisotopic (exact) mass is 417 g/mol. The van der Waals surface area contributed by atoms with Crippen molar-refractivity contribution in [1.29, 1.82) is 0 Å². The lowest BCUT2D eigenvalue weighted by molar-refractivity contribution is -0.270. The van der Waals surface area contributed by atoms with Gasteiger partial charge in [-0.25, -0.2) is 0 Å². The van der Waals surface area contributed by atoms with Crippen LogP contribution >= 0.6 is 11.3 Å². The van der Waals surface area contributed by atoms with Crippen molar-refractivity contribution < 1.29 is 39.1 Å². The van der Waals surface area contributed by atoms with E-state index in [1.165, 1.54) is 6.92 Å². The summed E-state index contributed by atoms with van der Waals surface area (Å²) in [6, 6.07) is 2.91. The minimum atomic E-state index is -1.36. The fourth-order valence-corrected chi connectivity index (χ4v) is 3.52.